The van der Waals surface area contributed by atoms with Gasteiger partial charge < -0.3 is 9.72 Å². The Labute approximate surface area is 129 Å². The van der Waals surface area contributed by atoms with Gasteiger partial charge in [0.1, 0.15) is 6.04 Å². The number of hydrogen-bond acceptors (Lipinski definition) is 4. The minimum absolute atomic E-state index is 0.0279. The summed E-state index contributed by atoms with van der Waals surface area (Å²) in [6, 6.07) is 7.65. The highest BCUT2D eigenvalue weighted by molar-refractivity contribution is 6.08. The number of carbonyl (C=O) groups is 2. The third kappa shape index (κ3) is 2.76. The van der Waals surface area contributed by atoms with E-state index in [-0.39, 0.29) is 18.3 Å². The van der Waals surface area contributed by atoms with Gasteiger partial charge in [-0.05, 0) is 25.8 Å². The number of H-pyrrole nitrogens is 1. The van der Waals surface area contributed by atoms with Gasteiger partial charge in [-0.25, -0.2) is 0 Å². The van der Waals surface area contributed by atoms with Crippen LogP contribution in [0.4, 0.5) is 0 Å². The highest BCUT2D eigenvalue weighted by atomic mass is 16.5. The number of carbonyl (C=O) groups excluding carboxylic acids is 2. The van der Waals surface area contributed by atoms with Crippen LogP contribution in [0.25, 0.3) is 10.9 Å². The molecule has 0 bridgehead atoms. The monoisotopic (exact) mass is 300 g/mol. The summed E-state index contributed by atoms with van der Waals surface area (Å²) in [6.45, 7) is 2.04. The molecule has 1 N–H and O–H groups in total. The Hall–Kier alpha value is -2.14. The van der Waals surface area contributed by atoms with Crippen LogP contribution in [0.5, 0.6) is 0 Å². The SMILES string of the molecule is COC(=O)[C@@H](C)N(CC(=O)c1c[nH]c2ccccc12)C1CC1. The number of Topliss-reactive ketones (excluding diaryl/α,β-unsaturated/α-hetero) is 1. The molecule has 0 aliphatic heterocycles. The largest absolute Gasteiger partial charge is 0.468 e. The predicted molar refractivity (Wildman–Crippen MR) is 83.8 cm³/mol. The first kappa shape index (κ1) is 14.8. The van der Waals surface area contributed by atoms with E-state index < -0.39 is 6.04 Å². The number of nitrogens with one attached hydrogen (secondary N) is 1. The number of aromatic amines is 1. The molecule has 1 atom stereocenters. The maximum atomic E-state index is 12.7. The normalized spacial score (nSPS) is 16.0. The second kappa shape index (κ2) is 5.93. The third-order valence-corrected chi connectivity index (χ3v) is 4.27. The van der Waals surface area contributed by atoms with E-state index in [0.29, 0.717) is 11.6 Å². The lowest BCUT2D eigenvalue weighted by molar-refractivity contribution is -0.146. The van der Waals surface area contributed by atoms with Crippen molar-refractivity contribution in [3.8, 4) is 0 Å². The number of para-hydroxylation sites is 1. The molecule has 5 nitrogen and oxygen atoms in total. The van der Waals surface area contributed by atoms with Gasteiger partial charge in [0, 0.05) is 28.7 Å². The molecule has 116 valence electrons. The standard InChI is InChI=1S/C17H20N2O3/c1-11(17(21)22-2)19(12-7-8-12)10-16(20)14-9-18-15-6-4-3-5-13(14)15/h3-6,9,11-12,18H,7-8,10H2,1-2H3/t11-/m1/s1. The lowest BCUT2D eigenvalue weighted by Gasteiger charge is -2.26. The minimum atomic E-state index is -0.397. The summed E-state index contributed by atoms with van der Waals surface area (Å²) in [4.78, 5) is 29.5. The molecule has 0 spiro atoms. The first-order valence-corrected chi connectivity index (χ1v) is 7.54. The van der Waals surface area contributed by atoms with E-state index >= 15 is 0 Å². The van der Waals surface area contributed by atoms with Crippen LogP contribution in [0.2, 0.25) is 0 Å². The molecular formula is C17H20N2O3. The Balaban J connectivity index is 1.81. The summed E-state index contributed by atoms with van der Waals surface area (Å²) in [5, 5.41) is 0.925. The molecule has 0 radical (unpaired) electrons. The van der Waals surface area contributed by atoms with Crippen molar-refractivity contribution >= 4 is 22.7 Å². The van der Waals surface area contributed by atoms with Gasteiger partial charge in [-0.2, -0.15) is 0 Å². The number of hydrogen-bond donors (Lipinski definition) is 1. The Kier molecular flexibility index (Phi) is 3.98. The number of methoxy groups -OCH3 is 1. The van der Waals surface area contributed by atoms with Crippen molar-refractivity contribution in [1.29, 1.82) is 0 Å². The van der Waals surface area contributed by atoms with Gasteiger partial charge in [-0.15, -0.1) is 0 Å². The van der Waals surface area contributed by atoms with Crippen molar-refractivity contribution in [2.75, 3.05) is 13.7 Å². The van der Waals surface area contributed by atoms with Crippen molar-refractivity contribution in [3.05, 3.63) is 36.0 Å². The van der Waals surface area contributed by atoms with E-state index in [1.54, 1.807) is 13.1 Å². The van der Waals surface area contributed by atoms with Crippen LogP contribution in [0, 0.1) is 0 Å². The lowest BCUT2D eigenvalue weighted by Crippen LogP contribution is -2.44. The zero-order valence-electron chi connectivity index (χ0n) is 12.8. The van der Waals surface area contributed by atoms with Gasteiger partial charge in [-0.1, -0.05) is 18.2 Å². The fourth-order valence-corrected chi connectivity index (χ4v) is 2.85. The Morgan fingerprint density at radius 2 is 2.09 bits per heavy atom. The molecular weight excluding hydrogens is 280 g/mol. The van der Waals surface area contributed by atoms with Gasteiger partial charge in [0.2, 0.25) is 0 Å². The zero-order chi connectivity index (χ0) is 15.7. The zero-order valence-corrected chi connectivity index (χ0v) is 12.8. The molecule has 1 saturated carbocycles. The maximum absolute atomic E-state index is 12.7. The highest BCUT2D eigenvalue weighted by Crippen LogP contribution is 2.29. The minimum Gasteiger partial charge on any atom is -0.468 e. The molecule has 2 aromatic rings. The molecule has 1 heterocycles. The van der Waals surface area contributed by atoms with E-state index in [1.165, 1.54) is 7.11 Å². The Bertz CT molecular complexity index is 703. The molecule has 5 heteroatoms. The number of ether oxygens (including phenoxy) is 1. The van der Waals surface area contributed by atoms with Crippen LogP contribution >= 0.6 is 0 Å². The van der Waals surface area contributed by atoms with Gasteiger partial charge in [0.15, 0.2) is 5.78 Å². The fourth-order valence-electron chi connectivity index (χ4n) is 2.85. The van der Waals surface area contributed by atoms with Crippen molar-refractivity contribution in [2.45, 2.75) is 31.8 Å². The number of benzene rings is 1. The van der Waals surface area contributed by atoms with Crippen LogP contribution in [0.1, 0.15) is 30.1 Å². The molecule has 0 saturated heterocycles. The molecule has 1 aliphatic carbocycles. The van der Waals surface area contributed by atoms with Crippen molar-refractivity contribution < 1.29 is 14.3 Å². The number of aromatic nitrogens is 1. The number of fused-ring (bicyclic) bond motifs is 1. The summed E-state index contributed by atoms with van der Waals surface area (Å²) < 4.78 is 4.82. The quantitative estimate of drug-likeness (QED) is 0.657. The van der Waals surface area contributed by atoms with Crippen LogP contribution in [-0.2, 0) is 9.53 Å². The molecule has 1 aromatic carbocycles. The molecule has 0 unspecified atom stereocenters. The van der Waals surface area contributed by atoms with Gasteiger partial charge in [0.05, 0.1) is 13.7 Å². The Morgan fingerprint density at radius 1 is 1.36 bits per heavy atom. The maximum Gasteiger partial charge on any atom is 0.322 e. The summed E-state index contributed by atoms with van der Waals surface area (Å²) >= 11 is 0. The number of nitrogens with zero attached hydrogens (tertiary/aromatic N) is 1. The average Bonchev–Trinajstić information content (AvgIpc) is 3.29. The number of rotatable bonds is 6. The molecule has 1 aromatic heterocycles. The molecule has 1 aliphatic rings. The Morgan fingerprint density at radius 3 is 2.77 bits per heavy atom. The first-order chi connectivity index (χ1) is 10.6. The molecule has 0 amide bonds. The van der Waals surface area contributed by atoms with Crippen molar-refractivity contribution in [1.82, 2.24) is 9.88 Å². The van der Waals surface area contributed by atoms with E-state index in [4.69, 9.17) is 4.74 Å². The van der Waals surface area contributed by atoms with E-state index in [0.717, 1.165) is 23.7 Å². The summed E-state index contributed by atoms with van der Waals surface area (Å²) in [5.74, 6) is -0.265. The average molecular weight is 300 g/mol. The van der Waals surface area contributed by atoms with E-state index in [9.17, 15) is 9.59 Å². The fraction of sp³-hybridized carbons (Fsp3) is 0.412. The van der Waals surface area contributed by atoms with E-state index in [1.807, 2.05) is 29.2 Å². The van der Waals surface area contributed by atoms with Crippen molar-refractivity contribution in [3.63, 3.8) is 0 Å². The van der Waals surface area contributed by atoms with Crippen molar-refractivity contribution in [2.24, 2.45) is 0 Å². The molecule has 1 fully saturated rings. The highest BCUT2D eigenvalue weighted by Gasteiger charge is 2.36. The summed E-state index contributed by atoms with van der Waals surface area (Å²) in [7, 11) is 1.38. The summed E-state index contributed by atoms with van der Waals surface area (Å²) in [5.41, 5.74) is 1.63. The topological polar surface area (TPSA) is 62.4 Å². The van der Waals surface area contributed by atoms with E-state index in [2.05, 4.69) is 4.98 Å². The second-order valence-electron chi connectivity index (χ2n) is 5.77. The van der Waals surface area contributed by atoms with Crippen LogP contribution in [0.15, 0.2) is 30.5 Å². The number of ketones is 1. The molecule has 22 heavy (non-hydrogen) atoms. The van der Waals surface area contributed by atoms with Crippen LogP contribution in [0.3, 0.4) is 0 Å². The van der Waals surface area contributed by atoms with Crippen LogP contribution < -0.4 is 0 Å². The lowest BCUT2D eigenvalue weighted by atomic mass is 10.1. The van der Waals surface area contributed by atoms with Gasteiger partial charge >= 0.3 is 5.97 Å². The smallest absolute Gasteiger partial charge is 0.322 e. The van der Waals surface area contributed by atoms with Gasteiger partial charge in [-0.3, -0.25) is 14.5 Å². The predicted octanol–water partition coefficient (Wildman–Crippen LogP) is 2.38. The van der Waals surface area contributed by atoms with Crippen LogP contribution in [-0.4, -0.2) is 47.4 Å². The third-order valence-electron chi connectivity index (χ3n) is 4.27. The number of esters is 1. The van der Waals surface area contributed by atoms with Gasteiger partial charge in [0.25, 0.3) is 0 Å². The molecule has 3 rings (SSSR count). The summed E-state index contributed by atoms with van der Waals surface area (Å²) in [6.07, 6.45) is 3.81. The second-order valence-corrected chi connectivity index (χ2v) is 5.77. The first-order valence-electron chi connectivity index (χ1n) is 7.54.